The second-order valence-electron chi connectivity index (χ2n) is 8.62. The molecule has 0 bridgehead atoms. The second-order valence-corrected chi connectivity index (χ2v) is 8.62. The van der Waals surface area contributed by atoms with E-state index in [-0.39, 0.29) is 6.04 Å². The van der Waals surface area contributed by atoms with E-state index >= 15 is 0 Å². The van der Waals surface area contributed by atoms with E-state index in [9.17, 15) is 9.90 Å². The van der Waals surface area contributed by atoms with Gasteiger partial charge in [-0.25, -0.2) is 9.79 Å². The molecule has 5 rings (SSSR count). The quantitative estimate of drug-likeness (QED) is 0.479. The van der Waals surface area contributed by atoms with Gasteiger partial charge in [-0.15, -0.1) is 0 Å². The Kier molecular flexibility index (Phi) is 5.76. The predicted octanol–water partition coefficient (Wildman–Crippen LogP) is 6.31. The highest BCUT2D eigenvalue weighted by Gasteiger charge is 2.36. The Bertz CT molecular complexity index is 1310. The number of para-hydroxylation sites is 1. The molecule has 2 aliphatic heterocycles. The number of carboxylic acid groups (broad SMARTS) is 1. The van der Waals surface area contributed by atoms with Crippen LogP contribution in [0.5, 0.6) is 0 Å². The number of aliphatic imine (C=N–C) groups is 1. The van der Waals surface area contributed by atoms with Crippen LogP contribution in [0.15, 0.2) is 108 Å². The van der Waals surface area contributed by atoms with Crippen LogP contribution in [-0.4, -0.2) is 27.8 Å². The minimum atomic E-state index is -0.914. The van der Waals surface area contributed by atoms with Crippen LogP contribution in [0.1, 0.15) is 36.2 Å². The standard InChI is InChI=1S/C29H27N3O2/c1-3-26-27(32-28(30-26)17-20(2)19-31(32)23-9-5-4-6-10-23)18-21-13-15-22(16-14-21)24-11-7-8-12-25(24)29(33)34/h4-17,19,27H,3,18H2,1-2H3,(H,33,34). The number of carbonyl (C=O) groups is 1. The van der Waals surface area contributed by atoms with E-state index in [0.717, 1.165) is 46.8 Å². The molecule has 1 unspecified atom stereocenters. The maximum absolute atomic E-state index is 11.6. The summed E-state index contributed by atoms with van der Waals surface area (Å²) in [6.45, 7) is 4.26. The van der Waals surface area contributed by atoms with Crippen LogP contribution in [-0.2, 0) is 6.42 Å². The van der Waals surface area contributed by atoms with Gasteiger partial charge in [0.25, 0.3) is 0 Å². The number of hydrogen-bond acceptors (Lipinski definition) is 4. The van der Waals surface area contributed by atoms with E-state index in [4.69, 9.17) is 4.99 Å². The third-order valence-electron chi connectivity index (χ3n) is 6.32. The summed E-state index contributed by atoms with van der Waals surface area (Å²) in [7, 11) is 0. The molecule has 2 aliphatic rings. The van der Waals surface area contributed by atoms with Gasteiger partial charge in [0.15, 0.2) is 0 Å². The van der Waals surface area contributed by atoms with Gasteiger partial charge in [-0.05, 0) is 59.9 Å². The van der Waals surface area contributed by atoms with Crippen LogP contribution in [0, 0.1) is 0 Å². The molecule has 3 aromatic carbocycles. The first-order valence-electron chi connectivity index (χ1n) is 11.6. The van der Waals surface area contributed by atoms with E-state index < -0.39 is 5.97 Å². The fraction of sp³-hybridized carbons (Fsp3) is 0.172. The number of benzene rings is 3. The van der Waals surface area contributed by atoms with Crippen molar-refractivity contribution in [1.29, 1.82) is 0 Å². The van der Waals surface area contributed by atoms with Crippen LogP contribution in [0.3, 0.4) is 0 Å². The molecule has 0 aromatic heterocycles. The monoisotopic (exact) mass is 449 g/mol. The van der Waals surface area contributed by atoms with Crippen molar-refractivity contribution in [1.82, 2.24) is 5.01 Å². The highest BCUT2D eigenvalue weighted by molar-refractivity contribution is 5.96. The molecular formula is C29H27N3O2. The van der Waals surface area contributed by atoms with E-state index in [1.54, 1.807) is 12.1 Å². The third kappa shape index (κ3) is 4.01. The van der Waals surface area contributed by atoms with Gasteiger partial charge >= 0.3 is 5.97 Å². The van der Waals surface area contributed by atoms with Gasteiger partial charge in [-0.2, -0.15) is 0 Å². The molecule has 1 atom stereocenters. The van der Waals surface area contributed by atoms with Crippen LogP contribution >= 0.6 is 0 Å². The Morgan fingerprint density at radius 1 is 0.971 bits per heavy atom. The number of fused-ring (bicyclic) bond motifs is 1. The van der Waals surface area contributed by atoms with Crippen LogP contribution in [0.25, 0.3) is 11.1 Å². The summed E-state index contributed by atoms with van der Waals surface area (Å²) in [6, 6.07) is 25.8. The highest BCUT2D eigenvalue weighted by Crippen LogP contribution is 2.35. The van der Waals surface area contributed by atoms with Gasteiger partial charge in [0.05, 0.1) is 17.3 Å². The molecule has 2 heterocycles. The Morgan fingerprint density at radius 3 is 2.38 bits per heavy atom. The third-order valence-corrected chi connectivity index (χ3v) is 6.32. The number of nitrogens with zero attached hydrogens (tertiary/aromatic N) is 3. The van der Waals surface area contributed by atoms with Crippen LogP contribution in [0.2, 0.25) is 0 Å². The number of anilines is 1. The molecule has 3 aromatic rings. The first kappa shape index (κ1) is 21.7. The smallest absolute Gasteiger partial charge is 0.336 e. The molecule has 0 aliphatic carbocycles. The molecule has 0 amide bonds. The maximum Gasteiger partial charge on any atom is 0.336 e. The van der Waals surface area contributed by atoms with Crippen molar-refractivity contribution < 1.29 is 9.90 Å². The number of aromatic carboxylic acids is 1. The zero-order chi connectivity index (χ0) is 23.7. The number of hydrogen-bond donors (Lipinski definition) is 1. The molecule has 0 fully saturated rings. The lowest BCUT2D eigenvalue weighted by atomic mass is 9.96. The van der Waals surface area contributed by atoms with Crippen LogP contribution in [0.4, 0.5) is 5.69 Å². The average Bonchev–Trinajstić information content (AvgIpc) is 3.21. The van der Waals surface area contributed by atoms with E-state index in [1.807, 2.05) is 30.3 Å². The van der Waals surface area contributed by atoms with Crippen molar-refractivity contribution in [3.05, 3.63) is 114 Å². The summed E-state index contributed by atoms with van der Waals surface area (Å²) in [5.74, 6) is 0.0564. The largest absolute Gasteiger partial charge is 0.478 e. The first-order chi connectivity index (χ1) is 16.5. The van der Waals surface area contributed by atoms with E-state index in [0.29, 0.717) is 5.56 Å². The first-order valence-corrected chi connectivity index (χ1v) is 11.6. The molecule has 170 valence electrons. The van der Waals surface area contributed by atoms with E-state index in [2.05, 4.69) is 72.5 Å². The molecule has 5 nitrogen and oxygen atoms in total. The Hall–Kier alpha value is -4.12. The topological polar surface area (TPSA) is 56.1 Å². The zero-order valence-corrected chi connectivity index (χ0v) is 19.3. The van der Waals surface area contributed by atoms with Crippen molar-refractivity contribution in [2.75, 3.05) is 5.01 Å². The number of rotatable bonds is 6. The summed E-state index contributed by atoms with van der Waals surface area (Å²) < 4.78 is 0. The van der Waals surface area contributed by atoms with Gasteiger partial charge in [0.1, 0.15) is 5.82 Å². The zero-order valence-electron chi connectivity index (χ0n) is 19.3. The summed E-state index contributed by atoms with van der Waals surface area (Å²) in [5.41, 5.74) is 6.56. The van der Waals surface area contributed by atoms with Gasteiger partial charge in [-0.1, -0.05) is 67.6 Å². The van der Waals surface area contributed by atoms with Gasteiger partial charge in [-0.3, -0.25) is 10.0 Å². The minimum absolute atomic E-state index is 0.109. The Balaban J connectivity index is 1.45. The number of allylic oxidation sites excluding steroid dienone is 2. The molecule has 1 N–H and O–H groups in total. The highest BCUT2D eigenvalue weighted by atomic mass is 16.4. The van der Waals surface area contributed by atoms with Gasteiger partial charge in [0.2, 0.25) is 0 Å². The normalized spacial score (nSPS) is 17.1. The summed E-state index contributed by atoms with van der Waals surface area (Å²) >= 11 is 0. The maximum atomic E-state index is 11.6. The van der Waals surface area contributed by atoms with Crippen molar-refractivity contribution in [3.63, 3.8) is 0 Å². The molecular weight excluding hydrogens is 422 g/mol. The van der Waals surface area contributed by atoms with Gasteiger partial charge in [0, 0.05) is 18.3 Å². The Labute approximate surface area is 200 Å². The number of carboxylic acids is 1. The summed E-state index contributed by atoms with van der Waals surface area (Å²) in [5, 5.41) is 14.0. The molecule has 0 spiro atoms. The lowest BCUT2D eigenvalue weighted by molar-refractivity contribution is 0.0697. The molecule has 0 radical (unpaired) electrons. The minimum Gasteiger partial charge on any atom is -0.478 e. The summed E-state index contributed by atoms with van der Waals surface area (Å²) in [4.78, 5) is 16.6. The van der Waals surface area contributed by atoms with Crippen molar-refractivity contribution in [3.8, 4) is 11.1 Å². The second kappa shape index (κ2) is 9.02. The average molecular weight is 450 g/mol. The van der Waals surface area contributed by atoms with Crippen molar-refractivity contribution >= 4 is 17.4 Å². The van der Waals surface area contributed by atoms with E-state index in [1.165, 1.54) is 5.56 Å². The van der Waals surface area contributed by atoms with Gasteiger partial charge < -0.3 is 5.11 Å². The lowest BCUT2D eigenvalue weighted by Gasteiger charge is -2.40. The lowest BCUT2D eigenvalue weighted by Crippen LogP contribution is -2.47. The fourth-order valence-corrected chi connectivity index (χ4v) is 4.69. The number of hydrazine groups is 1. The molecule has 5 heteroatoms. The van der Waals surface area contributed by atoms with Crippen LogP contribution < -0.4 is 5.01 Å². The fourth-order valence-electron chi connectivity index (χ4n) is 4.69. The summed E-state index contributed by atoms with van der Waals surface area (Å²) in [6.07, 6.45) is 5.98. The molecule has 0 saturated carbocycles. The SMILES string of the molecule is CCC1=NC2=CC(C)=CN(c3ccccc3)N2C1Cc1ccc(-c2ccccc2C(=O)O)cc1. The Morgan fingerprint density at radius 2 is 1.68 bits per heavy atom. The molecule has 34 heavy (non-hydrogen) atoms. The molecule has 0 saturated heterocycles. The van der Waals surface area contributed by atoms with Crippen molar-refractivity contribution in [2.24, 2.45) is 4.99 Å². The van der Waals surface area contributed by atoms with Crippen molar-refractivity contribution in [2.45, 2.75) is 32.7 Å². The predicted molar refractivity (Wildman–Crippen MR) is 137 cm³/mol.